The van der Waals surface area contributed by atoms with Gasteiger partial charge in [0.2, 0.25) is 10.0 Å². The molecule has 1 fully saturated rings. The van der Waals surface area contributed by atoms with Gasteiger partial charge in [-0.2, -0.15) is 0 Å². The molecule has 1 aliphatic heterocycles. The third-order valence-electron chi connectivity index (χ3n) is 6.47. The number of amides is 1. The second kappa shape index (κ2) is 8.13. The molecule has 7 heteroatoms. The van der Waals surface area contributed by atoms with E-state index >= 15 is 0 Å². The third-order valence-corrected chi connectivity index (χ3v) is 8.41. The van der Waals surface area contributed by atoms with Gasteiger partial charge in [-0.15, -0.1) is 0 Å². The number of piperidine rings is 1. The molecule has 1 N–H and O–H groups in total. The third kappa shape index (κ3) is 3.88. The zero-order valence-corrected chi connectivity index (χ0v) is 19.3. The monoisotopic (exact) mass is 439 g/mol. The van der Waals surface area contributed by atoms with Crippen LogP contribution in [0.2, 0.25) is 0 Å². The first-order chi connectivity index (χ1) is 14.7. The summed E-state index contributed by atoms with van der Waals surface area (Å²) in [5.41, 5.74) is 4.38. The number of benzene rings is 2. The molecular formula is C24H29N3O3S. The number of aromatic nitrogens is 1. The molecule has 1 amide bonds. The van der Waals surface area contributed by atoms with E-state index in [0.29, 0.717) is 30.1 Å². The predicted molar refractivity (Wildman–Crippen MR) is 123 cm³/mol. The smallest absolute Gasteiger partial charge is 0.253 e. The summed E-state index contributed by atoms with van der Waals surface area (Å²) in [6.45, 7) is 4.95. The summed E-state index contributed by atoms with van der Waals surface area (Å²) in [7, 11) is -0.601. The lowest BCUT2D eigenvalue weighted by atomic mass is 9.89. The standard InChI is InChI=1S/C24H29N3O3S/c1-16-13-19(14-23(17(16)2)31(29,30)26(3)4)24(28)27-11-9-18(10-12-27)21-15-25-22-8-6-5-7-20(21)22/h5-8,13-15,18,25H,9-12H2,1-4H3. The maximum Gasteiger partial charge on any atom is 0.253 e. The Morgan fingerprint density at radius 3 is 2.45 bits per heavy atom. The van der Waals surface area contributed by atoms with Crippen LogP contribution in [0, 0.1) is 13.8 Å². The molecule has 2 heterocycles. The molecule has 0 bridgehead atoms. The minimum absolute atomic E-state index is 0.101. The number of nitrogens with zero attached hydrogens (tertiary/aromatic N) is 2. The number of carbonyl (C=O) groups is 1. The number of sulfonamides is 1. The van der Waals surface area contributed by atoms with Gasteiger partial charge in [-0.1, -0.05) is 18.2 Å². The van der Waals surface area contributed by atoms with Gasteiger partial charge in [0, 0.05) is 49.8 Å². The van der Waals surface area contributed by atoms with Crippen molar-refractivity contribution in [2.24, 2.45) is 0 Å². The van der Waals surface area contributed by atoms with Crippen molar-refractivity contribution in [3.05, 3.63) is 64.8 Å². The van der Waals surface area contributed by atoms with E-state index in [1.54, 1.807) is 13.0 Å². The van der Waals surface area contributed by atoms with E-state index in [4.69, 9.17) is 0 Å². The SMILES string of the molecule is Cc1cc(C(=O)N2CCC(c3c[nH]c4ccccc34)CC2)cc(S(=O)(=O)N(C)C)c1C. The normalized spacial score (nSPS) is 15.7. The van der Waals surface area contributed by atoms with Crippen molar-refractivity contribution in [1.29, 1.82) is 0 Å². The molecule has 1 saturated heterocycles. The van der Waals surface area contributed by atoms with Crippen molar-refractivity contribution in [2.75, 3.05) is 27.2 Å². The first kappa shape index (κ1) is 21.6. The van der Waals surface area contributed by atoms with Crippen LogP contribution in [0.1, 0.15) is 45.8 Å². The lowest BCUT2D eigenvalue weighted by Crippen LogP contribution is -2.38. The van der Waals surface area contributed by atoms with Gasteiger partial charge >= 0.3 is 0 Å². The Balaban J connectivity index is 1.55. The molecule has 1 aliphatic rings. The van der Waals surface area contributed by atoms with Crippen molar-refractivity contribution in [2.45, 2.75) is 37.5 Å². The molecule has 6 nitrogen and oxygen atoms in total. The Kier molecular flexibility index (Phi) is 5.66. The molecule has 3 aromatic rings. The number of hydrogen-bond acceptors (Lipinski definition) is 3. The summed E-state index contributed by atoms with van der Waals surface area (Å²) in [5.74, 6) is 0.306. The largest absolute Gasteiger partial charge is 0.361 e. The number of H-pyrrole nitrogens is 1. The number of aromatic amines is 1. The number of nitrogens with one attached hydrogen (secondary N) is 1. The molecular weight excluding hydrogens is 410 g/mol. The van der Waals surface area contributed by atoms with Gasteiger partial charge in [0.15, 0.2) is 0 Å². The average molecular weight is 440 g/mol. The molecule has 164 valence electrons. The molecule has 1 aromatic heterocycles. The summed E-state index contributed by atoms with van der Waals surface area (Å²) in [6.07, 6.45) is 3.87. The number of rotatable bonds is 4. The minimum Gasteiger partial charge on any atom is -0.361 e. The molecule has 2 aromatic carbocycles. The Labute approximate surface area is 183 Å². The maximum atomic E-state index is 13.2. The van der Waals surface area contributed by atoms with Crippen LogP contribution in [0.3, 0.4) is 0 Å². The Morgan fingerprint density at radius 1 is 1.10 bits per heavy atom. The Bertz CT molecular complexity index is 1240. The number of fused-ring (bicyclic) bond motifs is 1. The number of likely N-dealkylation sites (tertiary alicyclic amines) is 1. The lowest BCUT2D eigenvalue weighted by Gasteiger charge is -2.32. The lowest BCUT2D eigenvalue weighted by molar-refractivity contribution is 0.0713. The van der Waals surface area contributed by atoms with E-state index in [1.165, 1.54) is 35.4 Å². The van der Waals surface area contributed by atoms with E-state index in [0.717, 1.165) is 23.9 Å². The van der Waals surface area contributed by atoms with Gasteiger partial charge in [0.05, 0.1) is 4.90 Å². The zero-order chi connectivity index (χ0) is 22.3. The van der Waals surface area contributed by atoms with Crippen molar-refractivity contribution >= 4 is 26.8 Å². The van der Waals surface area contributed by atoms with Gasteiger partial charge in [0.1, 0.15) is 0 Å². The van der Waals surface area contributed by atoms with Gasteiger partial charge in [-0.05, 0) is 67.5 Å². The molecule has 0 atom stereocenters. The van der Waals surface area contributed by atoms with Gasteiger partial charge in [-0.3, -0.25) is 4.79 Å². The highest BCUT2D eigenvalue weighted by molar-refractivity contribution is 7.89. The van der Waals surface area contributed by atoms with Crippen LogP contribution in [0.25, 0.3) is 10.9 Å². The summed E-state index contributed by atoms with van der Waals surface area (Å²) in [5, 5.41) is 1.25. The van der Waals surface area contributed by atoms with Crippen LogP contribution in [-0.4, -0.2) is 55.7 Å². The molecule has 0 radical (unpaired) electrons. The second-order valence-electron chi connectivity index (χ2n) is 8.56. The summed E-state index contributed by atoms with van der Waals surface area (Å²) >= 11 is 0. The molecule has 0 saturated carbocycles. The predicted octanol–water partition coefficient (Wildman–Crippen LogP) is 4.05. The molecule has 0 unspecified atom stereocenters. The minimum atomic E-state index is -3.62. The Hall–Kier alpha value is -2.64. The first-order valence-corrected chi connectivity index (χ1v) is 12.0. The van der Waals surface area contributed by atoms with Crippen LogP contribution in [0.5, 0.6) is 0 Å². The van der Waals surface area contributed by atoms with Crippen LogP contribution in [0.4, 0.5) is 0 Å². The molecule has 31 heavy (non-hydrogen) atoms. The molecule has 0 aliphatic carbocycles. The van der Waals surface area contributed by atoms with E-state index in [9.17, 15) is 13.2 Å². The van der Waals surface area contributed by atoms with Crippen LogP contribution < -0.4 is 0 Å². The number of aryl methyl sites for hydroxylation is 1. The topological polar surface area (TPSA) is 73.5 Å². The average Bonchev–Trinajstić information content (AvgIpc) is 3.19. The first-order valence-electron chi connectivity index (χ1n) is 10.6. The molecule has 0 spiro atoms. The van der Waals surface area contributed by atoms with Gasteiger partial charge in [0.25, 0.3) is 5.91 Å². The number of hydrogen-bond donors (Lipinski definition) is 1. The maximum absolute atomic E-state index is 13.2. The van der Waals surface area contributed by atoms with Crippen LogP contribution in [0.15, 0.2) is 47.5 Å². The quantitative estimate of drug-likeness (QED) is 0.666. The summed E-state index contributed by atoms with van der Waals surface area (Å²) < 4.78 is 26.7. The van der Waals surface area contributed by atoms with Crippen LogP contribution >= 0.6 is 0 Å². The highest BCUT2D eigenvalue weighted by Gasteiger charge is 2.28. The van der Waals surface area contributed by atoms with Crippen molar-refractivity contribution in [1.82, 2.24) is 14.2 Å². The number of carbonyl (C=O) groups excluding carboxylic acids is 1. The highest BCUT2D eigenvalue weighted by atomic mass is 32.2. The van der Waals surface area contributed by atoms with E-state index in [-0.39, 0.29) is 10.8 Å². The van der Waals surface area contributed by atoms with E-state index in [2.05, 4.69) is 29.4 Å². The zero-order valence-electron chi connectivity index (χ0n) is 18.5. The number of para-hydroxylation sites is 1. The summed E-state index contributed by atoms with van der Waals surface area (Å²) in [6, 6.07) is 11.6. The fraction of sp³-hybridized carbons (Fsp3) is 0.375. The van der Waals surface area contributed by atoms with Gasteiger partial charge in [-0.25, -0.2) is 12.7 Å². The van der Waals surface area contributed by atoms with Crippen molar-refractivity contribution < 1.29 is 13.2 Å². The fourth-order valence-corrected chi connectivity index (χ4v) is 5.64. The highest BCUT2D eigenvalue weighted by Crippen LogP contribution is 2.34. The van der Waals surface area contributed by atoms with Crippen molar-refractivity contribution in [3.63, 3.8) is 0 Å². The van der Waals surface area contributed by atoms with Crippen molar-refractivity contribution in [3.8, 4) is 0 Å². The van der Waals surface area contributed by atoms with Gasteiger partial charge < -0.3 is 9.88 Å². The Morgan fingerprint density at radius 2 is 1.77 bits per heavy atom. The van der Waals surface area contributed by atoms with E-state index < -0.39 is 10.0 Å². The van der Waals surface area contributed by atoms with E-state index in [1.807, 2.05) is 17.9 Å². The molecule has 4 rings (SSSR count). The fourth-order valence-electron chi connectivity index (χ4n) is 4.42. The van der Waals surface area contributed by atoms with Crippen LogP contribution in [-0.2, 0) is 10.0 Å². The summed E-state index contributed by atoms with van der Waals surface area (Å²) in [4.78, 5) is 18.6. The second-order valence-corrected chi connectivity index (χ2v) is 10.7.